The number of nitrogens with zero attached hydrogens (tertiary/aromatic N) is 1. The Morgan fingerprint density at radius 3 is 2.74 bits per heavy atom. The Morgan fingerprint density at radius 1 is 1.26 bits per heavy atom. The predicted molar refractivity (Wildman–Crippen MR) is 85.7 cm³/mol. The number of hydrogen-bond acceptors (Lipinski definition) is 4. The van der Waals surface area contributed by atoms with E-state index >= 15 is 0 Å². The Morgan fingerprint density at radius 2 is 2.04 bits per heavy atom. The van der Waals surface area contributed by atoms with Crippen LogP contribution in [-0.2, 0) is 14.8 Å². The summed E-state index contributed by atoms with van der Waals surface area (Å²) in [5, 5.41) is 0. The van der Waals surface area contributed by atoms with Gasteiger partial charge in [0.1, 0.15) is 0 Å². The smallest absolute Gasteiger partial charge is 0.253 e. The molecule has 0 spiro atoms. The summed E-state index contributed by atoms with van der Waals surface area (Å²) >= 11 is 0. The van der Waals surface area contributed by atoms with Gasteiger partial charge in [0.15, 0.2) is 0 Å². The van der Waals surface area contributed by atoms with Gasteiger partial charge >= 0.3 is 0 Å². The molecule has 2 aliphatic heterocycles. The first-order valence-corrected chi connectivity index (χ1v) is 9.55. The van der Waals surface area contributed by atoms with Gasteiger partial charge in [-0.2, -0.15) is 0 Å². The van der Waals surface area contributed by atoms with Gasteiger partial charge in [0.05, 0.1) is 11.0 Å². The number of sulfonamides is 1. The second-order valence-corrected chi connectivity index (χ2v) is 7.78. The van der Waals surface area contributed by atoms with Gasteiger partial charge in [-0.05, 0) is 43.9 Å². The second kappa shape index (κ2) is 6.98. The number of benzene rings is 1. The van der Waals surface area contributed by atoms with Crippen molar-refractivity contribution < 1.29 is 17.9 Å². The lowest BCUT2D eigenvalue weighted by atomic mass is 10.2. The fourth-order valence-electron chi connectivity index (χ4n) is 2.99. The first-order valence-electron chi connectivity index (χ1n) is 8.07. The largest absolute Gasteiger partial charge is 0.377 e. The average Bonchev–Trinajstić information content (AvgIpc) is 3.26. The molecule has 0 saturated carbocycles. The number of carbonyl (C=O) groups excluding carboxylic acids is 1. The Balaban J connectivity index is 1.71. The molecular formula is C16H22N2O4S. The molecule has 2 saturated heterocycles. The molecule has 0 aromatic heterocycles. The molecule has 1 amide bonds. The van der Waals surface area contributed by atoms with Crippen molar-refractivity contribution in [3.63, 3.8) is 0 Å². The number of ether oxygens (including phenoxy) is 1. The van der Waals surface area contributed by atoms with Crippen LogP contribution in [0.25, 0.3) is 0 Å². The van der Waals surface area contributed by atoms with Crippen molar-refractivity contribution in [2.45, 2.75) is 36.7 Å². The minimum atomic E-state index is -3.63. The van der Waals surface area contributed by atoms with Crippen LogP contribution >= 0.6 is 0 Å². The van der Waals surface area contributed by atoms with Crippen LogP contribution < -0.4 is 4.72 Å². The van der Waals surface area contributed by atoms with E-state index in [2.05, 4.69) is 4.72 Å². The molecule has 0 aliphatic carbocycles. The second-order valence-electron chi connectivity index (χ2n) is 6.01. The number of hydrogen-bond donors (Lipinski definition) is 1. The summed E-state index contributed by atoms with van der Waals surface area (Å²) in [7, 11) is -3.63. The Hall–Kier alpha value is -1.44. The van der Waals surface area contributed by atoms with E-state index in [0.717, 1.165) is 38.8 Å². The van der Waals surface area contributed by atoms with Gasteiger partial charge in [-0.1, -0.05) is 6.07 Å². The van der Waals surface area contributed by atoms with Crippen LogP contribution in [0.4, 0.5) is 0 Å². The Labute approximate surface area is 136 Å². The van der Waals surface area contributed by atoms with Crippen LogP contribution in [-0.4, -0.2) is 51.6 Å². The lowest BCUT2D eigenvalue weighted by Crippen LogP contribution is -2.32. The first-order chi connectivity index (χ1) is 11.1. The molecule has 1 atom stereocenters. The maximum absolute atomic E-state index is 12.4. The van der Waals surface area contributed by atoms with Gasteiger partial charge in [-0.3, -0.25) is 4.79 Å². The number of carbonyl (C=O) groups is 1. The molecule has 1 unspecified atom stereocenters. The highest BCUT2D eigenvalue weighted by molar-refractivity contribution is 7.89. The molecule has 23 heavy (non-hydrogen) atoms. The zero-order chi connectivity index (χ0) is 16.3. The molecule has 126 valence electrons. The Kier molecular flexibility index (Phi) is 4.99. The van der Waals surface area contributed by atoms with Crippen molar-refractivity contribution in [2.75, 3.05) is 26.2 Å². The number of amides is 1. The SMILES string of the molecule is O=C(c1cccc(S(=O)(=O)NCC2CCCO2)c1)N1CCCC1. The topological polar surface area (TPSA) is 75.7 Å². The van der Waals surface area contributed by atoms with Crippen molar-refractivity contribution >= 4 is 15.9 Å². The van der Waals surface area contributed by atoms with Gasteiger partial charge in [0, 0.05) is 31.8 Å². The third-order valence-corrected chi connectivity index (χ3v) is 5.73. The van der Waals surface area contributed by atoms with E-state index in [1.807, 2.05) is 0 Å². The quantitative estimate of drug-likeness (QED) is 0.880. The molecule has 2 fully saturated rings. The molecule has 6 nitrogen and oxygen atoms in total. The van der Waals surface area contributed by atoms with Gasteiger partial charge < -0.3 is 9.64 Å². The molecule has 1 N–H and O–H groups in total. The van der Waals surface area contributed by atoms with Crippen molar-refractivity contribution in [3.8, 4) is 0 Å². The highest BCUT2D eigenvalue weighted by Gasteiger charge is 2.23. The summed E-state index contributed by atoms with van der Waals surface area (Å²) in [6.45, 7) is 2.44. The minimum absolute atomic E-state index is 0.0563. The lowest BCUT2D eigenvalue weighted by Gasteiger charge is -2.16. The first kappa shape index (κ1) is 16.4. The number of nitrogens with one attached hydrogen (secondary N) is 1. The highest BCUT2D eigenvalue weighted by atomic mass is 32.2. The van der Waals surface area contributed by atoms with E-state index in [1.165, 1.54) is 12.1 Å². The summed E-state index contributed by atoms with van der Waals surface area (Å²) in [6, 6.07) is 6.25. The third-order valence-electron chi connectivity index (χ3n) is 4.31. The monoisotopic (exact) mass is 338 g/mol. The van der Waals surface area contributed by atoms with E-state index in [0.29, 0.717) is 12.2 Å². The van der Waals surface area contributed by atoms with Gasteiger partial charge in [-0.25, -0.2) is 13.1 Å². The summed E-state index contributed by atoms with van der Waals surface area (Å²) in [6.07, 6.45) is 3.79. The molecule has 0 bridgehead atoms. The molecule has 1 aromatic carbocycles. The standard InChI is InChI=1S/C16H22N2O4S/c19-16(18-8-1-2-9-18)13-5-3-7-15(11-13)23(20,21)17-12-14-6-4-10-22-14/h3,5,7,11,14,17H,1-2,4,6,8-10,12H2. The summed E-state index contributed by atoms with van der Waals surface area (Å²) in [5.74, 6) is -0.0984. The zero-order valence-electron chi connectivity index (χ0n) is 13.0. The van der Waals surface area contributed by atoms with Crippen molar-refractivity contribution in [1.29, 1.82) is 0 Å². The van der Waals surface area contributed by atoms with Crippen molar-refractivity contribution in [3.05, 3.63) is 29.8 Å². The number of rotatable bonds is 5. The fourth-order valence-corrected chi connectivity index (χ4v) is 4.10. The molecule has 2 heterocycles. The van der Waals surface area contributed by atoms with Crippen LogP contribution in [0.2, 0.25) is 0 Å². The lowest BCUT2D eigenvalue weighted by molar-refractivity contribution is 0.0792. The zero-order valence-corrected chi connectivity index (χ0v) is 13.8. The predicted octanol–water partition coefficient (Wildman–Crippen LogP) is 1.38. The van der Waals surface area contributed by atoms with Crippen LogP contribution in [0.1, 0.15) is 36.0 Å². The van der Waals surface area contributed by atoms with E-state index < -0.39 is 10.0 Å². The molecule has 3 rings (SSSR count). The van der Waals surface area contributed by atoms with Crippen molar-refractivity contribution in [1.82, 2.24) is 9.62 Å². The van der Waals surface area contributed by atoms with E-state index in [4.69, 9.17) is 4.74 Å². The molecule has 2 aliphatic rings. The van der Waals surface area contributed by atoms with Gasteiger partial charge in [0.25, 0.3) is 5.91 Å². The maximum atomic E-state index is 12.4. The Bertz CT molecular complexity index is 662. The highest BCUT2D eigenvalue weighted by Crippen LogP contribution is 2.17. The fraction of sp³-hybridized carbons (Fsp3) is 0.562. The van der Waals surface area contributed by atoms with E-state index in [9.17, 15) is 13.2 Å². The minimum Gasteiger partial charge on any atom is -0.377 e. The third kappa shape index (κ3) is 3.91. The van der Waals surface area contributed by atoms with Gasteiger partial charge in [-0.15, -0.1) is 0 Å². The molecular weight excluding hydrogens is 316 g/mol. The van der Waals surface area contributed by atoms with Crippen LogP contribution in [0, 0.1) is 0 Å². The van der Waals surface area contributed by atoms with Crippen LogP contribution in [0.15, 0.2) is 29.2 Å². The van der Waals surface area contributed by atoms with E-state index in [1.54, 1.807) is 17.0 Å². The average molecular weight is 338 g/mol. The summed E-state index contributed by atoms with van der Waals surface area (Å²) in [4.78, 5) is 14.3. The van der Waals surface area contributed by atoms with Crippen LogP contribution in [0.3, 0.4) is 0 Å². The summed E-state index contributed by atoms with van der Waals surface area (Å²) in [5.41, 5.74) is 0.423. The maximum Gasteiger partial charge on any atom is 0.253 e. The summed E-state index contributed by atoms with van der Waals surface area (Å²) < 4.78 is 32.8. The molecule has 7 heteroatoms. The molecule has 0 radical (unpaired) electrons. The van der Waals surface area contributed by atoms with E-state index in [-0.39, 0.29) is 23.5 Å². The van der Waals surface area contributed by atoms with Gasteiger partial charge in [0.2, 0.25) is 10.0 Å². The van der Waals surface area contributed by atoms with Crippen LogP contribution in [0.5, 0.6) is 0 Å². The van der Waals surface area contributed by atoms with Crippen molar-refractivity contribution in [2.24, 2.45) is 0 Å². The molecule has 1 aromatic rings. The normalized spacial score (nSPS) is 21.7. The number of likely N-dealkylation sites (tertiary alicyclic amines) is 1.